The van der Waals surface area contributed by atoms with E-state index in [-0.39, 0.29) is 35.7 Å². The molecule has 0 bridgehead atoms. The van der Waals surface area contributed by atoms with E-state index in [0.29, 0.717) is 17.8 Å². The number of anilines is 1. The van der Waals surface area contributed by atoms with E-state index < -0.39 is 0 Å². The van der Waals surface area contributed by atoms with Crippen molar-refractivity contribution in [2.75, 3.05) is 52.7 Å². The molecule has 0 saturated heterocycles. The van der Waals surface area contributed by atoms with Crippen LogP contribution in [0.15, 0.2) is 53.5 Å². The maximum atomic E-state index is 13.8. The first-order valence-electron chi connectivity index (χ1n) is 10.1. The van der Waals surface area contributed by atoms with Crippen LogP contribution in [-0.2, 0) is 6.42 Å². The summed E-state index contributed by atoms with van der Waals surface area (Å²) in [6.45, 7) is 2.16. The van der Waals surface area contributed by atoms with E-state index in [9.17, 15) is 9.18 Å². The lowest BCUT2D eigenvalue weighted by atomic mass is 10.1. The maximum absolute atomic E-state index is 13.8. The topological polar surface area (TPSA) is 60.0 Å². The van der Waals surface area contributed by atoms with E-state index in [2.05, 4.69) is 15.6 Å². The standard InChI is InChI=1S/C23H32FN5O.HI/c1-25-23(26-14-8-16-29(4)21-12-6-5-11-20(21)24)27-15-13-18-9-7-10-19(17-18)22(30)28(2)3;/h5-7,9-12,17H,8,13-16H2,1-4H3,(H2,25,26,27);1H. The van der Waals surface area contributed by atoms with Crippen LogP contribution in [0, 0.1) is 5.82 Å². The first kappa shape index (κ1) is 26.7. The van der Waals surface area contributed by atoms with Crippen molar-refractivity contribution in [3.63, 3.8) is 0 Å². The minimum absolute atomic E-state index is 0. The van der Waals surface area contributed by atoms with Crippen LogP contribution < -0.4 is 15.5 Å². The van der Waals surface area contributed by atoms with E-state index in [1.807, 2.05) is 42.3 Å². The van der Waals surface area contributed by atoms with Gasteiger partial charge in [0.25, 0.3) is 5.91 Å². The fourth-order valence-corrected chi connectivity index (χ4v) is 3.07. The Kier molecular flexibility index (Phi) is 11.9. The highest BCUT2D eigenvalue weighted by Gasteiger charge is 2.08. The van der Waals surface area contributed by atoms with Crippen LogP contribution >= 0.6 is 24.0 Å². The average Bonchev–Trinajstić information content (AvgIpc) is 2.75. The fourth-order valence-electron chi connectivity index (χ4n) is 3.07. The van der Waals surface area contributed by atoms with Crippen molar-refractivity contribution in [1.29, 1.82) is 0 Å². The molecular weight excluding hydrogens is 508 g/mol. The summed E-state index contributed by atoms with van der Waals surface area (Å²) >= 11 is 0. The first-order chi connectivity index (χ1) is 14.4. The molecule has 0 unspecified atom stereocenters. The van der Waals surface area contributed by atoms with E-state index >= 15 is 0 Å². The van der Waals surface area contributed by atoms with Crippen molar-refractivity contribution >= 4 is 41.5 Å². The van der Waals surface area contributed by atoms with Crippen LogP contribution in [0.1, 0.15) is 22.3 Å². The lowest BCUT2D eigenvalue weighted by molar-refractivity contribution is 0.0827. The van der Waals surface area contributed by atoms with Gasteiger partial charge in [0.2, 0.25) is 0 Å². The zero-order valence-corrected chi connectivity index (χ0v) is 21.0. The maximum Gasteiger partial charge on any atom is 0.253 e. The minimum Gasteiger partial charge on any atom is -0.372 e. The van der Waals surface area contributed by atoms with Crippen LogP contribution in [0.4, 0.5) is 10.1 Å². The number of amides is 1. The van der Waals surface area contributed by atoms with Gasteiger partial charge in [-0.1, -0.05) is 24.3 Å². The molecule has 0 aliphatic rings. The number of carbonyl (C=O) groups is 1. The van der Waals surface area contributed by atoms with Gasteiger partial charge in [-0.05, 0) is 42.7 Å². The summed E-state index contributed by atoms with van der Waals surface area (Å²) in [5, 5.41) is 6.57. The number of guanidine groups is 1. The minimum atomic E-state index is -0.207. The highest BCUT2D eigenvalue weighted by atomic mass is 127. The SMILES string of the molecule is CN=C(NCCCN(C)c1ccccc1F)NCCc1cccc(C(=O)N(C)C)c1.I. The molecule has 1 amide bonds. The molecule has 2 aromatic carbocycles. The third-order valence-electron chi connectivity index (χ3n) is 4.74. The predicted molar refractivity (Wildman–Crippen MR) is 137 cm³/mol. The van der Waals surface area contributed by atoms with Gasteiger partial charge >= 0.3 is 0 Å². The van der Waals surface area contributed by atoms with Gasteiger partial charge in [-0.3, -0.25) is 9.79 Å². The third-order valence-corrected chi connectivity index (χ3v) is 4.74. The Hall–Kier alpha value is -2.36. The zero-order valence-electron chi connectivity index (χ0n) is 18.7. The van der Waals surface area contributed by atoms with Crippen LogP contribution in [0.3, 0.4) is 0 Å². The predicted octanol–water partition coefficient (Wildman–Crippen LogP) is 3.38. The van der Waals surface area contributed by atoms with E-state index in [1.165, 1.54) is 6.07 Å². The van der Waals surface area contributed by atoms with Crippen molar-refractivity contribution in [2.24, 2.45) is 4.99 Å². The number of hydrogen-bond donors (Lipinski definition) is 2. The highest BCUT2D eigenvalue weighted by Crippen LogP contribution is 2.16. The molecule has 6 nitrogen and oxygen atoms in total. The Morgan fingerprint density at radius 3 is 2.42 bits per heavy atom. The Morgan fingerprint density at radius 2 is 1.74 bits per heavy atom. The number of nitrogens with zero attached hydrogens (tertiary/aromatic N) is 3. The number of hydrogen-bond acceptors (Lipinski definition) is 3. The molecule has 0 heterocycles. The number of nitrogens with one attached hydrogen (secondary N) is 2. The summed E-state index contributed by atoms with van der Waals surface area (Å²) in [4.78, 5) is 19.8. The second kappa shape index (κ2) is 13.8. The average molecular weight is 541 g/mol. The number of benzene rings is 2. The monoisotopic (exact) mass is 541 g/mol. The Bertz CT molecular complexity index is 859. The first-order valence-corrected chi connectivity index (χ1v) is 10.1. The molecule has 0 aromatic heterocycles. The summed E-state index contributed by atoms with van der Waals surface area (Å²) in [5.41, 5.74) is 2.39. The molecule has 8 heteroatoms. The van der Waals surface area contributed by atoms with Crippen molar-refractivity contribution < 1.29 is 9.18 Å². The quantitative estimate of drug-likeness (QED) is 0.221. The molecule has 0 aliphatic heterocycles. The molecule has 0 atom stereocenters. The van der Waals surface area contributed by atoms with Crippen molar-refractivity contribution in [3.05, 3.63) is 65.5 Å². The lowest BCUT2D eigenvalue weighted by Crippen LogP contribution is -2.39. The van der Waals surface area contributed by atoms with Crippen molar-refractivity contribution in [3.8, 4) is 0 Å². The van der Waals surface area contributed by atoms with Gasteiger partial charge in [0, 0.05) is 53.4 Å². The molecule has 2 N–H and O–H groups in total. The fraction of sp³-hybridized carbons (Fsp3) is 0.391. The molecule has 170 valence electrons. The van der Waals surface area contributed by atoms with Crippen molar-refractivity contribution in [1.82, 2.24) is 15.5 Å². The number of aliphatic imine (C=N–C) groups is 1. The smallest absolute Gasteiger partial charge is 0.253 e. The Morgan fingerprint density at radius 1 is 1.03 bits per heavy atom. The molecule has 0 radical (unpaired) electrons. The molecular formula is C23H33FIN5O. The summed E-state index contributed by atoms with van der Waals surface area (Å²) in [5.74, 6) is 0.522. The summed E-state index contributed by atoms with van der Waals surface area (Å²) in [7, 11) is 7.12. The van der Waals surface area contributed by atoms with Crippen LogP contribution in [0.25, 0.3) is 0 Å². The normalized spacial score (nSPS) is 10.8. The Labute approximate surface area is 201 Å². The summed E-state index contributed by atoms with van der Waals surface area (Å²) in [6, 6.07) is 14.5. The van der Waals surface area contributed by atoms with E-state index in [4.69, 9.17) is 0 Å². The third kappa shape index (κ3) is 8.72. The number of rotatable bonds is 9. The van der Waals surface area contributed by atoms with E-state index in [0.717, 1.165) is 37.5 Å². The van der Waals surface area contributed by atoms with Crippen LogP contribution in [0.2, 0.25) is 0 Å². The summed E-state index contributed by atoms with van der Waals surface area (Å²) < 4.78 is 13.8. The largest absolute Gasteiger partial charge is 0.372 e. The molecule has 0 aliphatic carbocycles. The van der Waals surface area contributed by atoms with Crippen molar-refractivity contribution in [2.45, 2.75) is 12.8 Å². The Balaban J connectivity index is 0.00000480. The molecule has 31 heavy (non-hydrogen) atoms. The second-order valence-electron chi connectivity index (χ2n) is 7.30. The molecule has 2 aromatic rings. The molecule has 2 rings (SSSR count). The highest BCUT2D eigenvalue weighted by molar-refractivity contribution is 14.0. The number of para-hydroxylation sites is 1. The van der Waals surface area contributed by atoms with Gasteiger partial charge in [-0.2, -0.15) is 0 Å². The van der Waals surface area contributed by atoms with Crippen LogP contribution in [0.5, 0.6) is 0 Å². The summed E-state index contributed by atoms with van der Waals surface area (Å²) in [6.07, 6.45) is 1.63. The van der Waals surface area contributed by atoms with E-state index in [1.54, 1.807) is 38.2 Å². The second-order valence-corrected chi connectivity index (χ2v) is 7.30. The van der Waals surface area contributed by atoms with Gasteiger partial charge in [0.1, 0.15) is 5.82 Å². The molecule has 0 spiro atoms. The van der Waals surface area contributed by atoms with Gasteiger partial charge in [-0.25, -0.2) is 4.39 Å². The van der Waals surface area contributed by atoms with Gasteiger partial charge in [0.15, 0.2) is 5.96 Å². The van der Waals surface area contributed by atoms with Gasteiger partial charge in [-0.15, -0.1) is 24.0 Å². The van der Waals surface area contributed by atoms with Crippen LogP contribution in [-0.4, -0.2) is 64.6 Å². The van der Waals surface area contributed by atoms with Gasteiger partial charge < -0.3 is 20.4 Å². The zero-order chi connectivity index (χ0) is 21.9. The molecule has 0 saturated carbocycles. The molecule has 0 fully saturated rings. The lowest BCUT2D eigenvalue weighted by Gasteiger charge is -2.20. The number of halogens is 2. The number of carbonyl (C=O) groups excluding carboxylic acids is 1. The van der Waals surface area contributed by atoms with Gasteiger partial charge in [0.05, 0.1) is 5.69 Å².